The van der Waals surface area contributed by atoms with Gasteiger partial charge < -0.3 is 5.32 Å². The Kier molecular flexibility index (Phi) is 3.95. The first kappa shape index (κ1) is 12.9. The molecule has 3 fully saturated rings. The van der Waals surface area contributed by atoms with E-state index in [0.29, 0.717) is 0 Å². The minimum atomic E-state index is 0.749. The van der Waals surface area contributed by atoms with E-state index in [0.717, 1.165) is 29.8 Å². The van der Waals surface area contributed by atoms with E-state index >= 15 is 0 Å². The molecule has 2 heteroatoms. The van der Waals surface area contributed by atoms with E-state index in [1.807, 2.05) is 0 Å². The Hall–Kier alpha value is -0.0800. The van der Waals surface area contributed by atoms with Crippen molar-refractivity contribution in [2.75, 3.05) is 20.1 Å². The van der Waals surface area contributed by atoms with Gasteiger partial charge in [-0.3, -0.25) is 4.90 Å². The van der Waals surface area contributed by atoms with Crippen molar-refractivity contribution in [1.82, 2.24) is 10.2 Å². The van der Waals surface area contributed by atoms with Crippen LogP contribution in [0, 0.1) is 17.8 Å². The van der Waals surface area contributed by atoms with Crippen LogP contribution in [-0.2, 0) is 0 Å². The van der Waals surface area contributed by atoms with Crippen molar-refractivity contribution in [2.24, 2.45) is 17.8 Å². The largest absolute Gasteiger partial charge is 0.315 e. The van der Waals surface area contributed by atoms with Gasteiger partial charge in [0.05, 0.1) is 0 Å². The summed E-state index contributed by atoms with van der Waals surface area (Å²) in [6.45, 7) is 5.24. The Balaban J connectivity index is 1.64. The van der Waals surface area contributed by atoms with E-state index in [4.69, 9.17) is 0 Å². The molecule has 3 rings (SSSR count). The summed E-state index contributed by atoms with van der Waals surface area (Å²) in [5, 5.41) is 3.60. The number of rotatable bonds is 6. The molecule has 0 spiro atoms. The van der Waals surface area contributed by atoms with E-state index in [1.165, 1.54) is 58.0 Å². The zero-order valence-electron chi connectivity index (χ0n) is 12.2. The van der Waals surface area contributed by atoms with Gasteiger partial charge in [-0.15, -0.1) is 0 Å². The van der Waals surface area contributed by atoms with Crippen LogP contribution < -0.4 is 5.32 Å². The maximum atomic E-state index is 3.60. The van der Waals surface area contributed by atoms with Gasteiger partial charge >= 0.3 is 0 Å². The Morgan fingerprint density at radius 2 is 1.56 bits per heavy atom. The third kappa shape index (κ3) is 3.27. The summed E-state index contributed by atoms with van der Waals surface area (Å²) in [7, 11) is 2.17. The molecule has 104 valence electrons. The highest BCUT2D eigenvalue weighted by Gasteiger charge is 2.37. The first-order valence-electron chi connectivity index (χ1n) is 8.17. The summed E-state index contributed by atoms with van der Waals surface area (Å²) >= 11 is 0. The molecule has 3 atom stereocenters. The third-order valence-corrected chi connectivity index (χ3v) is 5.30. The van der Waals surface area contributed by atoms with Crippen molar-refractivity contribution in [2.45, 2.75) is 64.0 Å². The standard InChI is InChI=1S/C16H30N2/c1-12-3-8-15(17-2)16(9-12)18(10-13-4-5-13)11-14-6-7-14/h12-17H,3-11H2,1-2H3. The molecular weight excluding hydrogens is 220 g/mol. The molecule has 3 aliphatic carbocycles. The molecule has 0 aromatic heterocycles. The third-order valence-electron chi connectivity index (χ3n) is 5.30. The molecule has 0 bridgehead atoms. The van der Waals surface area contributed by atoms with Gasteiger partial charge in [0, 0.05) is 25.2 Å². The topological polar surface area (TPSA) is 15.3 Å². The minimum Gasteiger partial charge on any atom is -0.315 e. The van der Waals surface area contributed by atoms with E-state index < -0.39 is 0 Å². The lowest BCUT2D eigenvalue weighted by molar-refractivity contribution is 0.0948. The van der Waals surface area contributed by atoms with Crippen LogP contribution >= 0.6 is 0 Å². The van der Waals surface area contributed by atoms with Crippen LogP contribution in [0.5, 0.6) is 0 Å². The maximum absolute atomic E-state index is 3.60. The van der Waals surface area contributed by atoms with Gasteiger partial charge in [-0.05, 0) is 69.7 Å². The lowest BCUT2D eigenvalue weighted by atomic mass is 9.82. The van der Waals surface area contributed by atoms with Crippen LogP contribution in [0.2, 0.25) is 0 Å². The van der Waals surface area contributed by atoms with Crippen molar-refractivity contribution in [3.05, 3.63) is 0 Å². The molecular formula is C16H30N2. The summed E-state index contributed by atoms with van der Waals surface area (Å²) < 4.78 is 0. The molecule has 0 aromatic rings. The predicted molar refractivity (Wildman–Crippen MR) is 76.7 cm³/mol. The van der Waals surface area contributed by atoms with Gasteiger partial charge in [-0.2, -0.15) is 0 Å². The normalized spacial score (nSPS) is 37.2. The van der Waals surface area contributed by atoms with E-state index in [1.54, 1.807) is 0 Å². The van der Waals surface area contributed by atoms with Crippen LogP contribution in [0.25, 0.3) is 0 Å². The van der Waals surface area contributed by atoms with Crippen LogP contribution in [0.3, 0.4) is 0 Å². The first-order chi connectivity index (χ1) is 8.76. The van der Waals surface area contributed by atoms with Crippen LogP contribution in [-0.4, -0.2) is 37.1 Å². The summed E-state index contributed by atoms with van der Waals surface area (Å²) in [4.78, 5) is 2.88. The average molecular weight is 250 g/mol. The number of nitrogens with one attached hydrogen (secondary N) is 1. The highest BCUT2D eigenvalue weighted by molar-refractivity contribution is 4.93. The molecule has 3 unspecified atom stereocenters. The zero-order chi connectivity index (χ0) is 12.5. The number of hydrogen-bond acceptors (Lipinski definition) is 2. The molecule has 0 aromatic carbocycles. The van der Waals surface area contributed by atoms with Crippen molar-refractivity contribution in [1.29, 1.82) is 0 Å². The molecule has 3 saturated carbocycles. The number of likely N-dealkylation sites (N-methyl/N-ethyl adjacent to an activating group) is 1. The molecule has 1 N–H and O–H groups in total. The van der Waals surface area contributed by atoms with E-state index in [2.05, 4.69) is 24.2 Å². The highest BCUT2D eigenvalue weighted by atomic mass is 15.2. The van der Waals surface area contributed by atoms with Crippen LogP contribution in [0.1, 0.15) is 51.9 Å². The highest BCUT2D eigenvalue weighted by Crippen LogP contribution is 2.37. The fourth-order valence-corrected chi connectivity index (χ4v) is 3.70. The molecule has 0 radical (unpaired) electrons. The second-order valence-corrected chi connectivity index (χ2v) is 7.22. The number of nitrogens with zero attached hydrogens (tertiary/aromatic N) is 1. The second-order valence-electron chi connectivity index (χ2n) is 7.22. The predicted octanol–water partition coefficient (Wildman–Crippen LogP) is 2.89. The number of hydrogen-bond donors (Lipinski definition) is 1. The van der Waals surface area contributed by atoms with Crippen molar-refractivity contribution >= 4 is 0 Å². The fourth-order valence-electron chi connectivity index (χ4n) is 3.70. The summed E-state index contributed by atoms with van der Waals surface area (Å²) in [6.07, 6.45) is 10.2. The lowest BCUT2D eigenvalue weighted by Crippen LogP contribution is -2.53. The van der Waals surface area contributed by atoms with Crippen LogP contribution in [0.15, 0.2) is 0 Å². The Morgan fingerprint density at radius 3 is 2.06 bits per heavy atom. The minimum absolute atomic E-state index is 0.749. The van der Waals surface area contributed by atoms with Crippen molar-refractivity contribution < 1.29 is 0 Å². The smallest absolute Gasteiger partial charge is 0.0251 e. The first-order valence-corrected chi connectivity index (χ1v) is 8.17. The van der Waals surface area contributed by atoms with E-state index in [-0.39, 0.29) is 0 Å². The fraction of sp³-hybridized carbons (Fsp3) is 1.00. The van der Waals surface area contributed by atoms with Crippen molar-refractivity contribution in [3.63, 3.8) is 0 Å². The molecule has 3 aliphatic rings. The summed E-state index contributed by atoms with van der Waals surface area (Å²) in [5.41, 5.74) is 0. The maximum Gasteiger partial charge on any atom is 0.0251 e. The molecule has 0 amide bonds. The van der Waals surface area contributed by atoms with Gasteiger partial charge in [0.1, 0.15) is 0 Å². The Labute approximate surface area is 113 Å². The van der Waals surface area contributed by atoms with Gasteiger partial charge in [0.2, 0.25) is 0 Å². The molecule has 2 nitrogen and oxygen atoms in total. The zero-order valence-corrected chi connectivity index (χ0v) is 12.2. The average Bonchev–Trinajstić information content (AvgIpc) is 3.23. The molecule has 0 aliphatic heterocycles. The Bertz CT molecular complexity index is 256. The van der Waals surface area contributed by atoms with Gasteiger partial charge in [0.25, 0.3) is 0 Å². The molecule has 18 heavy (non-hydrogen) atoms. The second kappa shape index (κ2) is 5.50. The quantitative estimate of drug-likeness (QED) is 0.780. The Morgan fingerprint density at radius 1 is 0.944 bits per heavy atom. The SMILES string of the molecule is CNC1CCC(C)CC1N(CC1CC1)CC1CC1. The summed E-state index contributed by atoms with van der Waals surface area (Å²) in [6, 6.07) is 1.57. The molecule has 0 heterocycles. The van der Waals surface area contributed by atoms with E-state index in [9.17, 15) is 0 Å². The lowest BCUT2D eigenvalue weighted by Gasteiger charge is -2.42. The summed E-state index contributed by atoms with van der Waals surface area (Å²) in [5.74, 6) is 3.01. The van der Waals surface area contributed by atoms with Gasteiger partial charge in [-0.25, -0.2) is 0 Å². The molecule has 0 saturated heterocycles. The van der Waals surface area contributed by atoms with Gasteiger partial charge in [-0.1, -0.05) is 6.92 Å². The van der Waals surface area contributed by atoms with Crippen molar-refractivity contribution in [3.8, 4) is 0 Å². The van der Waals surface area contributed by atoms with Gasteiger partial charge in [0.15, 0.2) is 0 Å². The monoisotopic (exact) mass is 250 g/mol. The van der Waals surface area contributed by atoms with Crippen LogP contribution in [0.4, 0.5) is 0 Å².